The van der Waals surface area contributed by atoms with Gasteiger partial charge in [0.25, 0.3) is 5.92 Å². The van der Waals surface area contributed by atoms with Gasteiger partial charge in [0.05, 0.1) is 0 Å². The van der Waals surface area contributed by atoms with E-state index in [2.05, 4.69) is 0 Å². The molecule has 0 aromatic carbocycles. The number of halogens is 2. The molecule has 0 aromatic rings. The zero-order valence-corrected chi connectivity index (χ0v) is 4.40. The first kappa shape index (κ1) is 6.41. The molecule has 0 heterocycles. The molecule has 0 aliphatic heterocycles. The van der Waals surface area contributed by atoms with Crippen molar-refractivity contribution in [2.75, 3.05) is 0 Å². The second kappa shape index (κ2) is 1.23. The number of alkyl halides is 2. The first-order valence-electron chi connectivity index (χ1n) is 2.30. The molecule has 52 valence electrons. The maximum absolute atomic E-state index is 11.9. The number of carboxylic acids is 1. The van der Waals surface area contributed by atoms with Gasteiger partial charge in [-0.05, 0) is 0 Å². The minimum Gasteiger partial charge on any atom is -0.480 e. The van der Waals surface area contributed by atoms with E-state index in [1.807, 2.05) is 0 Å². The van der Waals surface area contributed by atoms with E-state index in [-0.39, 0.29) is 0 Å². The van der Waals surface area contributed by atoms with Crippen molar-refractivity contribution in [1.29, 1.82) is 0 Å². The Morgan fingerprint density at radius 1 is 1.67 bits per heavy atom. The third-order valence-corrected chi connectivity index (χ3v) is 1.41. The van der Waals surface area contributed by atoms with Gasteiger partial charge < -0.3 is 10.8 Å². The highest BCUT2D eigenvalue weighted by Gasteiger charge is 2.74. The summed E-state index contributed by atoms with van der Waals surface area (Å²) in [7, 11) is 0. The average molecular weight is 137 g/mol. The van der Waals surface area contributed by atoms with Crippen LogP contribution in [-0.2, 0) is 4.79 Å². The molecule has 1 fully saturated rings. The van der Waals surface area contributed by atoms with E-state index in [1.54, 1.807) is 0 Å². The molecule has 1 rings (SSSR count). The van der Waals surface area contributed by atoms with Gasteiger partial charge in [0.2, 0.25) is 0 Å². The Kier molecular flexibility index (Phi) is 0.879. The van der Waals surface area contributed by atoms with E-state index in [0.29, 0.717) is 0 Å². The van der Waals surface area contributed by atoms with E-state index >= 15 is 0 Å². The summed E-state index contributed by atoms with van der Waals surface area (Å²) in [5, 5.41) is 8.04. The number of hydrogen-bond donors (Lipinski definition) is 2. The molecule has 3 N–H and O–H groups in total. The summed E-state index contributed by atoms with van der Waals surface area (Å²) in [6.45, 7) is 0. The Morgan fingerprint density at radius 2 is 2.00 bits per heavy atom. The monoisotopic (exact) mass is 137 g/mol. The van der Waals surface area contributed by atoms with Crippen molar-refractivity contribution in [1.82, 2.24) is 0 Å². The number of rotatable bonds is 1. The largest absolute Gasteiger partial charge is 0.480 e. The third-order valence-electron chi connectivity index (χ3n) is 1.41. The summed E-state index contributed by atoms with van der Waals surface area (Å²) >= 11 is 0. The Bertz CT molecular complexity index is 170. The average Bonchev–Trinajstić information content (AvgIpc) is 2.08. The molecular weight excluding hydrogens is 132 g/mol. The Labute approximate surface area is 49.5 Å². The number of carboxylic acid groups (broad SMARTS) is 1. The number of nitrogens with two attached hydrogens (primary N) is 1. The van der Waals surface area contributed by atoms with Gasteiger partial charge in [-0.1, -0.05) is 0 Å². The fourth-order valence-electron chi connectivity index (χ4n) is 0.538. The van der Waals surface area contributed by atoms with Crippen LogP contribution in [0.15, 0.2) is 0 Å². The smallest absolute Gasteiger partial charge is 0.330 e. The lowest BCUT2D eigenvalue weighted by Crippen LogP contribution is -2.38. The highest BCUT2D eigenvalue weighted by Crippen LogP contribution is 2.50. The zero-order chi connectivity index (χ0) is 7.28. The molecule has 1 saturated carbocycles. The lowest BCUT2D eigenvalue weighted by atomic mass is 10.3. The van der Waals surface area contributed by atoms with Crippen LogP contribution in [0.3, 0.4) is 0 Å². The number of carbonyl (C=O) groups is 1. The molecule has 0 aromatic heterocycles. The number of hydrogen-bond acceptors (Lipinski definition) is 2. The first-order chi connectivity index (χ1) is 3.90. The van der Waals surface area contributed by atoms with Gasteiger partial charge in [0, 0.05) is 6.42 Å². The second-order valence-electron chi connectivity index (χ2n) is 2.16. The summed E-state index contributed by atoms with van der Waals surface area (Å²) in [4.78, 5) is 9.89. The predicted octanol–water partition coefficient (Wildman–Crippen LogP) is -0.193. The van der Waals surface area contributed by atoms with Crippen molar-refractivity contribution in [2.45, 2.75) is 17.9 Å². The van der Waals surface area contributed by atoms with Crippen molar-refractivity contribution >= 4 is 5.97 Å². The molecule has 3 nitrogen and oxygen atoms in total. The van der Waals surface area contributed by atoms with E-state index in [0.717, 1.165) is 0 Å². The van der Waals surface area contributed by atoms with Crippen molar-refractivity contribution in [3.05, 3.63) is 0 Å². The normalized spacial score (nSPS) is 38.1. The molecule has 0 unspecified atom stereocenters. The van der Waals surface area contributed by atoms with Crippen LogP contribution in [0.5, 0.6) is 0 Å². The minimum absolute atomic E-state index is 0.741. The van der Waals surface area contributed by atoms with Crippen LogP contribution < -0.4 is 5.73 Å². The molecule has 0 saturated heterocycles. The van der Waals surface area contributed by atoms with Crippen LogP contribution >= 0.6 is 0 Å². The van der Waals surface area contributed by atoms with Crippen LogP contribution in [0.1, 0.15) is 6.42 Å². The maximum Gasteiger partial charge on any atom is 0.330 e. The summed E-state index contributed by atoms with van der Waals surface area (Å²) in [5.41, 5.74) is 2.45. The molecule has 0 spiro atoms. The van der Waals surface area contributed by atoms with E-state index < -0.39 is 23.9 Å². The van der Waals surface area contributed by atoms with Crippen LogP contribution in [0, 0.1) is 0 Å². The zero-order valence-electron chi connectivity index (χ0n) is 4.40. The topological polar surface area (TPSA) is 63.3 Å². The lowest BCUT2D eigenvalue weighted by Gasteiger charge is -2.00. The van der Waals surface area contributed by atoms with Gasteiger partial charge in [-0.2, -0.15) is 0 Å². The molecule has 1 atom stereocenters. The van der Waals surface area contributed by atoms with Crippen molar-refractivity contribution in [3.8, 4) is 0 Å². The van der Waals surface area contributed by atoms with Gasteiger partial charge in [0.15, 0.2) is 5.54 Å². The van der Waals surface area contributed by atoms with Crippen LogP contribution in [0.4, 0.5) is 8.78 Å². The summed E-state index contributed by atoms with van der Waals surface area (Å²) in [5.74, 6) is -4.83. The van der Waals surface area contributed by atoms with Crippen molar-refractivity contribution in [2.24, 2.45) is 5.73 Å². The summed E-state index contributed by atoms with van der Waals surface area (Å²) < 4.78 is 23.9. The molecular formula is C4H5F2NO2. The van der Waals surface area contributed by atoms with Crippen LogP contribution in [0.2, 0.25) is 0 Å². The highest BCUT2D eigenvalue weighted by molar-refractivity contribution is 5.84. The first-order valence-corrected chi connectivity index (χ1v) is 2.30. The third kappa shape index (κ3) is 0.610. The van der Waals surface area contributed by atoms with Crippen LogP contribution in [-0.4, -0.2) is 22.5 Å². The Balaban J connectivity index is 2.74. The molecule has 0 radical (unpaired) electrons. The lowest BCUT2D eigenvalue weighted by molar-refractivity contribution is -0.142. The van der Waals surface area contributed by atoms with Gasteiger partial charge in [-0.3, -0.25) is 0 Å². The molecule has 0 amide bonds. The quantitative estimate of drug-likeness (QED) is 0.526. The SMILES string of the molecule is N[C@@]1(C(=O)O)CC1(F)F. The van der Waals surface area contributed by atoms with E-state index in [1.165, 1.54) is 0 Å². The Morgan fingerprint density at radius 3 is 2.00 bits per heavy atom. The minimum atomic E-state index is -3.20. The Hall–Kier alpha value is -0.710. The molecule has 5 heteroatoms. The second-order valence-corrected chi connectivity index (χ2v) is 2.16. The van der Waals surface area contributed by atoms with Gasteiger partial charge in [0.1, 0.15) is 0 Å². The molecule has 1 aliphatic rings. The highest BCUT2D eigenvalue weighted by atomic mass is 19.3. The predicted molar refractivity (Wildman–Crippen MR) is 24.1 cm³/mol. The maximum atomic E-state index is 11.9. The fourth-order valence-corrected chi connectivity index (χ4v) is 0.538. The van der Waals surface area contributed by atoms with Crippen molar-refractivity contribution < 1.29 is 18.7 Å². The summed E-state index contributed by atoms with van der Waals surface area (Å²) in [6, 6.07) is 0. The van der Waals surface area contributed by atoms with Gasteiger partial charge in [-0.25, -0.2) is 13.6 Å². The van der Waals surface area contributed by atoms with Crippen molar-refractivity contribution in [3.63, 3.8) is 0 Å². The number of aliphatic carboxylic acids is 1. The van der Waals surface area contributed by atoms with E-state index in [4.69, 9.17) is 10.8 Å². The van der Waals surface area contributed by atoms with Crippen LogP contribution in [0.25, 0.3) is 0 Å². The molecule has 0 bridgehead atoms. The summed E-state index contributed by atoms with van der Waals surface area (Å²) in [6.07, 6.45) is -0.741. The van der Waals surface area contributed by atoms with Gasteiger partial charge in [-0.15, -0.1) is 0 Å². The van der Waals surface area contributed by atoms with Gasteiger partial charge >= 0.3 is 5.97 Å². The molecule has 9 heavy (non-hydrogen) atoms. The van der Waals surface area contributed by atoms with E-state index in [9.17, 15) is 13.6 Å². The standard InChI is InChI=1S/C4H5F2NO2/c5-4(6)1-3(4,7)2(8)9/h1,7H2,(H,8,9)/t3-/m1/s1. The molecule has 1 aliphatic carbocycles. The fraction of sp³-hybridized carbons (Fsp3) is 0.750.